The van der Waals surface area contributed by atoms with Crippen LogP contribution in [0.1, 0.15) is 12.2 Å². The molecule has 1 aromatic carbocycles. The molecule has 0 fully saturated rings. The predicted molar refractivity (Wildman–Crippen MR) is 84.8 cm³/mol. The second-order valence-corrected chi connectivity index (χ2v) is 5.82. The third-order valence-electron chi connectivity index (χ3n) is 3.01. The van der Waals surface area contributed by atoms with Gasteiger partial charge in [-0.3, -0.25) is 4.79 Å². The zero-order valence-corrected chi connectivity index (χ0v) is 13.7. The maximum atomic E-state index is 12.9. The molecule has 0 radical (unpaired) electrons. The molecular formula is C15H16F3N3O2S. The minimum atomic E-state index is -4.64. The van der Waals surface area contributed by atoms with Crippen LogP contribution in [0.15, 0.2) is 29.3 Å². The fraction of sp³-hybridized carbons (Fsp3) is 0.400. The van der Waals surface area contributed by atoms with Gasteiger partial charge >= 0.3 is 6.18 Å². The van der Waals surface area contributed by atoms with Gasteiger partial charge in [0.15, 0.2) is 0 Å². The van der Waals surface area contributed by atoms with Gasteiger partial charge in [0, 0.05) is 25.6 Å². The standard InChI is InChI=1S/C15H16F3N3O2S/c1-23-8-4-7-19-12(22)9-24-13-10-5-2-3-6-11(10)20-14(21-13)15(16,17)18/h2-3,5-6H,4,7-9H2,1H3,(H,19,22). The van der Waals surface area contributed by atoms with Crippen LogP contribution in [-0.4, -0.2) is 41.9 Å². The molecule has 0 saturated carbocycles. The molecule has 0 unspecified atom stereocenters. The molecule has 0 saturated heterocycles. The zero-order chi connectivity index (χ0) is 17.6. The van der Waals surface area contributed by atoms with Crippen LogP contribution in [0.5, 0.6) is 0 Å². The second-order valence-electron chi connectivity index (χ2n) is 4.85. The highest BCUT2D eigenvalue weighted by atomic mass is 32.2. The van der Waals surface area contributed by atoms with Gasteiger partial charge in [0.1, 0.15) is 5.03 Å². The van der Waals surface area contributed by atoms with Crippen LogP contribution in [0.4, 0.5) is 13.2 Å². The van der Waals surface area contributed by atoms with Gasteiger partial charge in [-0.2, -0.15) is 13.2 Å². The number of nitrogens with one attached hydrogen (secondary N) is 1. The van der Waals surface area contributed by atoms with Crippen molar-refractivity contribution >= 4 is 28.6 Å². The molecule has 1 N–H and O–H groups in total. The van der Waals surface area contributed by atoms with E-state index in [0.717, 1.165) is 11.8 Å². The minimum absolute atomic E-state index is 0.0225. The summed E-state index contributed by atoms with van der Waals surface area (Å²) in [6, 6.07) is 6.41. The smallest absolute Gasteiger partial charge is 0.385 e. The highest BCUT2D eigenvalue weighted by molar-refractivity contribution is 8.00. The van der Waals surface area contributed by atoms with Crippen molar-refractivity contribution < 1.29 is 22.7 Å². The molecule has 0 aliphatic heterocycles. The summed E-state index contributed by atoms with van der Waals surface area (Å²) < 4.78 is 43.6. The highest BCUT2D eigenvalue weighted by Crippen LogP contribution is 2.31. The Morgan fingerprint density at radius 3 is 2.75 bits per heavy atom. The van der Waals surface area contributed by atoms with E-state index in [1.807, 2.05) is 0 Å². The third-order valence-corrected chi connectivity index (χ3v) is 4.00. The number of methoxy groups -OCH3 is 1. The molecule has 2 aromatic rings. The normalized spacial score (nSPS) is 11.7. The number of aromatic nitrogens is 2. The first kappa shape index (κ1) is 18.5. The fourth-order valence-corrected chi connectivity index (χ4v) is 2.76. The van der Waals surface area contributed by atoms with Crippen LogP contribution >= 0.6 is 11.8 Å². The third kappa shape index (κ3) is 5.07. The molecule has 0 atom stereocenters. The molecule has 2 rings (SSSR count). The van der Waals surface area contributed by atoms with Crippen molar-refractivity contribution in [3.8, 4) is 0 Å². The number of thioether (sulfide) groups is 1. The summed E-state index contributed by atoms with van der Waals surface area (Å²) in [5, 5.41) is 3.30. The average molecular weight is 359 g/mol. The summed E-state index contributed by atoms with van der Waals surface area (Å²) in [5.41, 5.74) is 0.197. The van der Waals surface area contributed by atoms with E-state index in [1.54, 1.807) is 25.3 Å². The number of carbonyl (C=O) groups excluding carboxylic acids is 1. The molecule has 24 heavy (non-hydrogen) atoms. The van der Waals surface area contributed by atoms with E-state index < -0.39 is 12.0 Å². The Bertz CT molecular complexity index is 710. The van der Waals surface area contributed by atoms with Crippen molar-refractivity contribution in [3.05, 3.63) is 30.1 Å². The van der Waals surface area contributed by atoms with E-state index in [4.69, 9.17) is 4.74 Å². The molecule has 9 heteroatoms. The molecule has 5 nitrogen and oxygen atoms in total. The molecule has 1 amide bonds. The van der Waals surface area contributed by atoms with Gasteiger partial charge in [-0.25, -0.2) is 9.97 Å². The van der Waals surface area contributed by atoms with E-state index >= 15 is 0 Å². The van der Waals surface area contributed by atoms with Gasteiger partial charge in [-0.15, -0.1) is 0 Å². The van der Waals surface area contributed by atoms with E-state index in [2.05, 4.69) is 15.3 Å². The largest absolute Gasteiger partial charge is 0.451 e. The first-order valence-electron chi connectivity index (χ1n) is 7.14. The SMILES string of the molecule is COCCCNC(=O)CSc1nc(C(F)(F)F)nc2ccccc12. The van der Waals surface area contributed by atoms with Gasteiger partial charge in [0.2, 0.25) is 11.7 Å². The number of para-hydroxylation sites is 1. The number of halogens is 3. The van der Waals surface area contributed by atoms with E-state index in [-0.39, 0.29) is 22.2 Å². The molecule has 0 aliphatic carbocycles. The lowest BCUT2D eigenvalue weighted by Crippen LogP contribution is -2.26. The lowest BCUT2D eigenvalue weighted by atomic mass is 10.2. The molecule has 1 aromatic heterocycles. The number of nitrogens with zero attached hydrogens (tertiary/aromatic N) is 2. The molecule has 0 aliphatic rings. The molecule has 130 valence electrons. The van der Waals surface area contributed by atoms with Crippen LogP contribution in [-0.2, 0) is 15.7 Å². The lowest BCUT2D eigenvalue weighted by molar-refractivity contribution is -0.145. The van der Waals surface area contributed by atoms with Crippen LogP contribution in [0.3, 0.4) is 0 Å². The number of amides is 1. The van der Waals surface area contributed by atoms with E-state index in [9.17, 15) is 18.0 Å². The van der Waals surface area contributed by atoms with Crippen molar-refractivity contribution in [2.24, 2.45) is 0 Å². The quantitative estimate of drug-likeness (QED) is 0.468. The van der Waals surface area contributed by atoms with Gasteiger partial charge in [-0.1, -0.05) is 30.0 Å². The second kappa shape index (κ2) is 8.29. The maximum absolute atomic E-state index is 12.9. The lowest BCUT2D eigenvalue weighted by Gasteiger charge is -2.10. The number of rotatable bonds is 7. The summed E-state index contributed by atoms with van der Waals surface area (Å²) in [4.78, 5) is 18.9. The molecular weight excluding hydrogens is 343 g/mol. The summed E-state index contributed by atoms with van der Waals surface area (Å²) in [5.74, 6) is -1.50. The Morgan fingerprint density at radius 2 is 2.04 bits per heavy atom. The van der Waals surface area contributed by atoms with Crippen molar-refractivity contribution in [1.29, 1.82) is 0 Å². The Hall–Kier alpha value is -1.87. The minimum Gasteiger partial charge on any atom is -0.385 e. The fourth-order valence-electron chi connectivity index (χ4n) is 1.91. The number of hydrogen-bond acceptors (Lipinski definition) is 5. The van der Waals surface area contributed by atoms with Crippen LogP contribution in [0.25, 0.3) is 10.9 Å². The van der Waals surface area contributed by atoms with E-state index in [0.29, 0.717) is 25.0 Å². The number of carbonyl (C=O) groups is 1. The first-order chi connectivity index (χ1) is 11.4. The maximum Gasteiger partial charge on any atom is 0.451 e. The molecule has 0 spiro atoms. The van der Waals surface area contributed by atoms with Crippen LogP contribution in [0.2, 0.25) is 0 Å². The van der Waals surface area contributed by atoms with Gasteiger partial charge in [0.25, 0.3) is 0 Å². The van der Waals surface area contributed by atoms with Gasteiger partial charge < -0.3 is 10.1 Å². The summed E-state index contributed by atoms with van der Waals surface area (Å²) in [7, 11) is 1.57. The Labute approximate surface area is 141 Å². The highest BCUT2D eigenvalue weighted by Gasteiger charge is 2.35. The van der Waals surface area contributed by atoms with Gasteiger partial charge in [0.05, 0.1) is 11.3 Å². The Morgan fingerprint density at radius 1 is 1.29 bits per heavy atom. The van der Waals surface area contributed by atoms with Crippen molar-refractivity contribution in [1.82, 2.24) is 15.3 Å². The monoisotopic (exact) mass is 359 g/mol. The van der Waals surface area contributed by atoms with Crippen molar-refractivity contribution in [2.45, 2.75) is 17.6 Å². The summed E-state index contributed by atoms with van der Waals surface area (Å²) >= 11 is 0.958. The Kier molecular flexibility index (Phi) is 6.38. The number of hydrogen-bond donors (Lipinski definition) is 1. The summed E-state index contributed by atoms with van der Waals surface area (Å²) in [6.07, 6.45) is -3.97. The van der Waals surface area contributed by atoms with Crippen molar-refractivity contribution in [3.63, 3.8) is 0 Å². The summed E-state index contributed by atoms with van der Waals surface area (Å²) in [6.45, 7) is 0.977. The van der Waals surface area contributed by atoms with E-state index in [1.165, 1.54) is 6.07 Å². The predicted octanol–water partition coefficient (Wildman–Crippen LogP) is 2.89. The average Bonchev–Trinajstić information content (AvgIpc) is 2.55. The Balaban J connectivity index is 2.11. The first-order valence-corrected chi connectivity index (χ1v) is 8.13. The number of alkyl halides is 3. The number of fused-ring (bicyclic) bond motifs is 1. The topological polar surface area (TPSA) is 64.1 Å². The van der Waals surface area contributed by atoms with Gasteiger partial charge in [-0.05, 0) is 12.5 Å². The van der Waals surface area contributed by atoms with Crippen LogP contribution < -0.4 is 5.32 Å². The van der Waals surface area contributed by atoms with Crippen LogP contribution in [0, 0.1) is 0 Å². The molecule has 0 bridgehead atoms. The van der Waals surface area contributed by atoms with Crippen molar-refractivity contribution in [2.75, 3.05) is 26.0 Å². The zero-order valence-electron chi connectivity index (χ0n) is 12.9. The number of ether oxygens (including phenoxy) is 1. The molecule has 1 heterocycles. The number of benzene rings is 1.